The molecule has 1 aliphatic carbocycles. The molecule has 1 heterocycles. The fraction of sp³-hybridized carbons (Fsp3) is 0.667. The second-order valence-corrected chi connectivity index (χ2v) is 9.35. The first-order valence-electron chi connectivity index (χ1n) is 6.22. The molecule has 0 bridgehead atoms. The highest BCUT2D eigenvalue weighted by Crippen LogP contribution is 2.35. The largest absolute Gasteiger partial charge is 0.252 e. The van der Waals surface area contributed by atoms with E-state index in [-0.39, 0.29) is 11.4 Å². The molecule has 1 aliphatic rings. The van der Waals surface area contributed by atoms with Crippen LogP contribution in [-0.4, -0.2) is 31.2 Å². The number of hydrogen-bond acceptors (Lipinski definition) is 3. The molecule has 2 unspecified atom stereocenters. The van der Waals surface area contributed by atoms with Crippen LogP contribution in [0.1, 0.15) is 31.2 Å². The summed E-state index contributed by atoms with van der Waals surface area (Å²) in [5.41, 5.74) is 0.796. The molecule has 2 atom stereocenters. The van der Waals surface area contributed by atoms with E-state index in [1.165, 1.54) is 4.31 Å². The molecule has 1 aromatic rings. The molecule has 0 N–H and O–H groups in total. The van der Waals surface area contributed by atoms with Crippen molar-refractivity contribution in [3.63, 3.8) is 0 Å². The molecule has 19 heavy (non-hydrogen) atoms. The van der Waals surface area contributed by atoms with Crippen LogP contribution < -0.4 is 0 Å². The smallest absolute Gasteiger partial charge is 0.206 e. The van der Waals surface area contributed by atoms with Gasteiger partial charge in [0.05, 0.1) is 9.71 Å². The van der Waals surface area contributed by atoms with Gasteiger partial charge in [0.25, 0.3) is 10.0 Å². The molecule has 0 spiro atoms. The highest BCUT2D eigenvalue weighted by atomic mass is 35.5. The van der Waals surface area contributed by atoms with Crippen molar-refractivity contribution in [2.24, 2.45) is 0 Å². The second kappa shape index (κ2) is 5.90. The predicted octanol–water partition coefficient (Wildman–Crippen LogP) is 3.88. The van der Waals surface area contributed by atoms with E-state index < -0.39 is 10.0 Å². The van der Waals surface area contributed by atoms with Crippen LogP contribution in [0.5, 0.6) is 0 Å². The van der Waals surface area contributed by atoms with Crippen molar-refractivity contribution in [3.05, 3.63) is 16.0 Å². The Labute approximate surface area is 128 Å². The Morgan fingerprint density at radius 1 is 1.37 bits per heavy atom. The quantitative estimate of drug-likeness (QED) is 0.782. The molecule has 1 fully saturated rings. The molecule has 7 heteroatoms. The molecular formula is C12H17Cl2NO2S2. The molecule has 0 aromatic carbocycles. The lowest BCUT2D eigenvalue weighted by Crippen LogP contribution is -2.43. The minimum atomic E-state index is -3.49. The van der Waals surface area contributed by atoms with Crippen LogP contribution in [0.2, 0.25) is 4.34 Å². The topological polar surface area (TPSA) is 37.4 Å². The lowest BCUT2D eigenvalue weighted by atomic mass is 9.95. The van der Waals surface area contributed by atoms with Crippen LogP contribution >= 0.6 is 34.5 Å². The molecule has 108 valence electrons. The number of nitrogens with zero attached hydrogens (tertiary/aromatic N) is 1. The fourth-order valence-corrected chi connectivity index (χ4v) is 6.19. The number of sulfonamides is 1. The molecular weight excluding hydrogens is 325 g/mol. The first kappa shape index (κ1) is 15.6. The Morgan fingerprint density at radius 3 is 2.53 bits per heavy atom. The zero-order valence-electron chi connectivity index (χ0n) is 10.9. The van der Waals surface area contributed by atoms with Gasteiger partial charge in [0.15, 0.2) is 0 Å². The highest BCUT2D eigenvalue weighted by Gasteiger charge is 2.35. The fourth-order valence-electron chi connectivity index (χ4n) is 2.35. The summed E-state index contributed by atoms with van der Waals surface area (Å²) in [6, 6.07) is 1.51. The number of aryl methyl sites for hydroxylation is 1. The van der Waals surface area contributed by atoms with Gasteiger partial charge in [-0.15, -0.1) is 22.9 Å². The maximum absolute atomic E-state index is 12.6. The number of halogens is 2. The molecule has 3 nitrogen and oxygen atoms in total. The van der Waals surface area contributed by atoms with E-state index in [1.807, 2.05) is 6.92 Å². The van der Waals surface area contributed by atoms with E-state index in [9.17, 15) is 8.42 Å². The summed E-state index contributed by atoms with van der Waals surface area (Å²) < 4.78 is 27.4. The van der Waals surface area contributed by atoms with E-state index in [0.717, 1.165) is 42.6 Å². The van der Waals surface area contributed by atoms with Crippen LogP contribution in [0, 0.1) is 6.92 Å². The van der Waals surface area contributed by atoms with Crippen LogP contribution in [0.3, 0.4) is 0 Å². The minimum absolute atomic E-state index is 0.106. The van der Waals surface area contributed by atoms with Crippen LogP contribution in [-0.2, 0) is 10.0 Å². The minimum Gasteiger partial charge on any atom is -0.206 e. The van der Waals surface area contributed by atoms with Crippen molar-refractivity contribution < 1.29 is 8.42 Å². The average Bonchev–Trinajstić information content (AvgIpc) is 2.70. The van der Waals surface area contributed by atoms with Crippen LogP contribution in [0.15, 0.2) is 10.3 Å². The first-order valence-corrected chi connectivity index (χ1v) is 9.29. The normalized spacial score (nSPS) is 24.9. The van der Waals surface area contributed by atoms with Gasteiger partial charge in [-0.05, 0) is 31.4 Å². The SMILES string of the molecule is Cc1cc(S(=O)(=O)N(C)C2CCCCC2Cl)sc1Cl. The lowest BCUT2D eigenvalue weighted by Gasteiger charge is -2.33. The average molecular weight is 342 g/mol. The summed E-state index contributed by atoms with van der Waals surface area (Å²) in [4.78, 5) is 0. The molecule has 2 rings (SSSR count). The third-order valence-electron chi connectivity index (χ3n) is 3.58. The molecule has 0 aliphatic heterocycles. The van der Waals surface area contributed by atoms with Gasteiger partial charge in [0, 0.05) is 13.1 Å². The van der Waals surface area contributed by atoms with Gasteiger partial charge < -0.3 is 0 Å². The predicted molar refractivity (Wildman–Crippen MR) is 80.9 cm³/mol. The van der Waals surface area contributed by atoms with E-state index >= 15 is 0 Å². The van der Waals surface area contributed by atoms with Crippen molar-refractivity contribution in [2.45, 2.75) is 48.2 Å². The standard InChI is InChI=1S/C12H17Cl2NO2S2/c1-8-7-11(18-12(8)14)19(16,17)15(2)10-6-4-3-5-9(10)13/h7,9-10H,3-6H2,1-2H3. The highest BCUT2D eigenvalue weighted by molar-refractivity contribution is 7.91. The first-order chi connectivity index (χ1) is 8.84. The molecule has 1 saturated carbocycles. The number of alkyl halides is 1. The maximum atomic E-state index is 12.6. The Balaban J connectivity index is 2.28. The van der Waals surface area contributed by atoms with Crippen LogP contribution in [0.25, 0.3) is 0 Å². The van der Waals surface area contributed by atoms with Crippen molar-refractivity contribution in [3.8, 4) is 0 Å². The Morgan fingerprint density at radius 2 is 2.00 bits per heavy atom. The monoisotopic (exact) mass is 341 g/mol. The zero-order chi connectivity index (χ0) is 14.2. The third kappa shape index (κ3) is 3.10. The Kier molecular flexibility index (Phi) is 4.83. The summed E-state index contributed by atoms with van der Waals surface area (Å²) in [6.07, 6.45) is 3.79. The molecule has 0 radical (unpaired) electrons. The number of thiophene rings is 1. The van der Waals surface area contributed by atoms with Crippen molar-refractivity contribution in [2.75, 3.05) is 7.05 Å². The molecule has 1 aromatic heterocycles. The van der Waals surface area contributed by atoms with Gasteiger partial charge >= 0.3 is 0 Å². The second-order valence-electron chi connectivity index (χ2n) is 4.91. The summed E-state index contributed by atoms with van der Waals surface area (Å²) in [7, 11) is -1.88. The summed E-state index contributed by atoms with van der Waals surface area (Å²) in [5, 5.41) is -0.106. The number of hydrogen-bond donors (Lipinski definition) is 0. The zero-order valence-corrected chi connectivity index (χ0v) is 14.0. The van der Waals surface area contributed by atoms with Gasteiger partial charge in [-0.3, -0.25) is 0 Å². The van der Waals surface area contributed by atoms with Gasteiger partial charge in [0.2, 0.25) is 0 Å². The maximum Gasteiger partial charge on any atom is 0.252 e. The van der Waals surface area contributed by atoms with Crippen molar-refractivity contribution in [1.82, 2.24) is 4.31 Å². The van der Waals surface area contributed by atoms with Gasteiger partial charge in [0.1, 0.15) is 4.21 Å². The third-order valence-corrected chi connectivity index (χ3v) is 7.98. The molecule has 0 amide bonds. The Hall–Kier alpha value is 0.190. The van der Waals surface area contributed by atoms with Gasteiger partial charge in [-0.25, -0.2) is 8.42 Å². The van der Waals surface area contributed by atoms with Gasteiger partial charge in [-0.1, -0.05) is 24.4 Å². The van der Waals surface area contributed by atoms with E-state index in [2.05, 4.69) is 0 Å². The van der Waals surface area contributed by atoms with E-state index in [1.54, 1.807) is 13.1 Å². The Bertz CT molecular complexity index is 537. The summed E-state index contributed by atoms with van der Waals surface area (Å²) in [5.74, 6) is 0. The van der Waals surface area contributed by atoms with Gasteiger partial charge in [-0.2, -0.15) is 4.31 Å². The van der Waals surface area contributed by atoms with Crippen molar-refractivity contribution >= 4 is 44.6 Å². The van der Waals surface area contributed by atoms with E-state index in [4.69, 9.17) is 23.2 Å². The summed E-state index contributed by atoms with van der Waals surface area (Å²) >= 11 is 13.4. The summed E-state index contributed by atoms with van der Waals surface area (Å²) in [6.45, 7) is 1.81. The van der Waals surface area contributed by atoms with Crippen molar-refractivity contribution in [1.29, 1.82) is 0 Å². The lowest BCUT2D eigenvalue weighted by molar-refractivity contribution is 0.291. The number of rotatable bonds is 3. The molecule has 0 saturated heterocycles. The van der Waals surface area contributed by atoms with Crippen LogP contribution in [0.4, 0.5) is 0 Å². The van der Waals surface area contributed by atoms with E-state index in [0.29, 0.717) is 8.55 Å².